The van der Waals surface area contributed by atoms with Crippen molar-refractivity contribution in [3.8, 4) is 0 Å². The molecule has 7 heteroatoms. The van der Waals surface area contributed by atoms with Crippen LogP contribution in [0.15, 0.2) is 22.7 Å². The van der Waals surface area contributed by atoms with Crippen molar-refractivity contribution in [3.63, 3.8) is 0 Å². The maximum Gasteiger partial charge on any atom is 0.335 e. The van der Waals surface area contributed by atoms with Gasteiger partial charge in [-0.2, -0.15) is 4.98 Å². The van der Waals surface area contributed by atoms with Crippen LogP contribution in [0.4, 0.5) is 5.69 Å². The average molecular weight is 261 g/mol. The van der Waals surface area contributed by atoms with E-state index in [0.717, 1.165) is 0 Å². The van der Waals surface area contributed by atoms with E-state index in [1.807, 2.05) is 0 Å². The molecule has 0 aliphatic rings. The normalized spacial score (nSPS) is 10.2. The van der Waals surface area contributed by atoms with Crippen LogP contribution in [0, 0.1) is 13.8 Å². The zero-order valence-electron chi connectivity index (χ0n) is 10.3. The highest BCUT2D eigenvalue weighted by Crippen LogP contribution is 2.17. The predicted octanol–water partition coefficient (Wildman–Crippen LogP) is 1.64. The number of aromatic nitrogens is 2. The first-order valence-electron chi connectivity index (χ1n) is 5.43. The van der Waals surface area contributed by atoms with Crippen molar-refractivity contribution in [2.45, 2.75) is 13.8 Å². The van der Waals surface area contributed by atoms with E-state index in [1.165, 1.54) is 18.2 Å². The minimum Gasteiger partial charge on any atom is -0.478 e. The van der Waals surface area contributed by atoms with Gasteiger partial charge in [-0.1, -0.05) is 5.16 Å². The lowest BCUT2D eigenvalue weighted by molar-refractivity contribution is 0.0696. The minimum absolute atomic E-state index is 0.0702. The first-order chi connectivity index (χ1) is 8.97. The molecule has 0 atom stereocenters. The second-order valence-electron chi connectivity index (χ2n) is 3.93. The second kappa shape index (κ2) is 4.89. The number of benzene rings is 1. The van der Waals surface area contributed by atoms with Gasteiger partial charge in [0.2, 0.25) is 5.89 Å². The Bertz CT molecular complexity index is 648. The van der Waals surface area contributed by atoms with Crippen LogP contribution in [0.5, 0.6) is 0 Å². The molecule has 0 saturated heterocycles. The Morgan fingerprint density at radius 1 is 1.32 bits per heavy atom. The number of aromatic carboxylic acids is 1. The molecule has 0 spiro atoms. The van der Waals surface area contributed by atoms with E-state index < -0.39 is 11.9 Å². The van der Waals surface area contributed by atoms with E-state index in [2.05, 4.69) is 15.5 Å². The number of aryl methyl sites for hydroxylation is 2. The fourth-order valence-corrected chi connectivity index (χ4v) is 1.51. The molecule has 2 N–H and O–H groups in total. The molecule has 1 amide bonds. The molecule has 0 radical (unpaired) electrons. The van der Waals surface area contributed by atoms with Crippen LogP contribution in [0.2, 0.25) is 0 Å². The Balaban J connectivity index is 2.20. The van der Waals surface area contributed by atoms with Gasteiger partial charge in [-0.15, -0.1) is 0 Å². The van der Waals surface area contributed by atoms with Crippen LogP contribution < -0.4 is 5.32 Å². The number of hydrogen-bond donors (Lipinski definition) is 2. The van der Waals surface area contributed by atoms with Gasteiger partial charge in [0.25, 0.3) is 11.7 Å². The van der Waals surface area contributed by atoms with Crippen LogP contribution >= 0.6 is 0 Å². The molecule has 2 rings (SSSR count). The lowest BCUT2D eigenvalue weighted by atomic mass is 10.1. The van der Waals surface area contributed by atoms with Crippen molar-refractivity contribution in [1.29, 1.82) is 0 Å². The number of carbonyl (C=O) groups is 2. The summed E-state index contributed by atoms with van der Waals surface area (Å²) in [5, 5.41) is 14.9. The summed E-state index contributed by atoms with van der Waals surface area (Å²) >= 11 is 0. The van der Waals surface area contributed by atoms with Crippen LogP contribution in [0.25, 0.3) is 0 Å². The number of nitrogens with zero attached hydrogens (tertiary/aromatic N) is 2. The second-order valence-corrected chi connectivity index (χ2v) is 3.93. The van der Waals surface area contributed by atoms with Gasteiger partial charge >= 0.3 is 5.97 Å². The molecular weight excluding hydrogens is 250 g/mol. The summed E-state index contributed by atoms with van der Waals surface area (Å²) in [5.41, 5.74) is 1.29. The summed E-state index contributed by atoms with van der Waals surface area (Å²) < 4.78 is 4.70. The number of carboxylic acids is 1. The monoisotopic (exact) mass is 261 g/mol. The SMILES string of the molecule is Cc1nc(C(=O)Nc2ccc(C(=O)O)cc2C)no1. The van der Waals surface area contributed by atoms with Gasteiger partial charge in [-0.05, 0) is 30.7 Å². The van der Waals surface area contributed by atoms with E-state index in [4.69, 9.17) is 9.63 Å². The topological polar surface area (TPSA) is 105 Å². The third-order valence-electron chi connectivity index (χ3n) is 2.45. The largest absolute Gasteiger partial charge is 0.478 e. The molecule has 98 valence electrons. The molecule has 1 aromatic heterocycles. The Labute approximate surface area is 108 Å². The Kier molecular flexibility index (Phi) is 3.28. The standard InChI is InChI=1S/C12H11N3O4/c1-6-5-8(12(17)18)3-4-9(6)14-11(16)10-13-7(2)19-15-10/h3-5H,1-2H3,(H,14,16)(H,17,18). The van der Waals surface area contributed by atoms with Crippen molar-refractivity contribution in [3.05, 3.63) is 41.0 Å². The molecule has 0 saturated carbocycles. The number of hydrogen-bond acceptors (Lipinski definition) is 5. The maximum atomic E-state index is 11.8. The quantitative estimate of drug-likeness (QED) is 0.870. The third kappa shape index (κ3) is 2.76. The fraction of sp³-hybridized carbons (Fsp3) is 0.167. The summed E-state index contributed by atoms with van der Waals surface area (Å²) in [5.74, 6) is -1.31. The smallest absolute Gasteiger partial charge is 0.335 e. The number of amides is 1. The zero-order valence-corrected chi connectivity index (χ0v) is 10.3. The number of anilines is 1. The molecule has 19 heavy (non-hydrogen) atoms. The molecule has 7 nitrogen and oxygen atoms in total. The summed E-state index contributed by atoms with van der Waals surface area (Å²) in [6.45, 7) is 3.28. The molecule has 0 aliphatic heterocycles. The fourth-order valence-electron chi connectivity index (χ4n) is 1.51. The first-order valence-corrected chi connectivity index (χ1v) is 5.43. The Hall–Kier alpha value is -2.70. The number of carboxylic acid groups (broad SMARTS) is 1. The van der Waals surface area contributed by atoms with Crippen LogP contribution in [0.3, 0.4) is 0 Å². The number of nitrogens with one attached hydrogen (secondary N) is 1. The van der Waals surface area contributed by atoms with Gasteiger partial charge in [0.1, 0.15) is 0 Å². The number of rotatable bonds is 3. The summed E-state index contributed by atoms with van der Waals surface area (Å²) in [4.78, 5) is 26.4. The van der Waals surface area contributed by atoms with E-state index in [0.29, 0.717) is 17.1 Å². The Morgan fingerprint density at radius 2 is 2.05 bits per heavy atom. The van der Waals surface area contributed by atoms with Crippen molar-refractivity contribution in [1.82, 2.24) is 10.1 Å². The third-order valence-corrected chi connectivity index (χ3v) is 2.45. The van der Waals surface area contributed by atoms with Crippen molar-refractivity contribution < 1.29 is 19.2 Å². The van der Waals surface area contributed by atoms with E-state index in [9.17, 15) is 9.59 Å². The van der Waals surface area contributed by atoms with Gasteiger partial charge in [0, 0.05) is 12.6 Å². The molecule has 1 heterocycles. The van der Waals surface area contributed by atoms with E-state index >= 15 is 0 Å². The van der Waals surface area contributed by atoms with Crippen LogP contribution in [0.1, 0.15) is 32.4 Å². The maximum absolute atomic E-state index is 11.8. The lowest BCUT2D eigenvalue weighted by Crippen LogP contribution is -2.14. The summed E-state index contributed by atoms with van der Waals surface area (Å²) in [6.07, 6.45) is 0. The molecular formula is C12H11N3O4. The van der Waals surface area contributed by atoms with Crippen molar-refractivity contribution >= 4 is 17.6 Å². The first kappa shape index (κ1) is 12.7. The molecule has 0 fully saturated rings. The Morgan fingerprint density at radius 3 is 2.58 bits per heavy atom. The zero-order chi connectivity index (χ0) is 14.0. The van der Waals surface area contributed by atoms with Crippen LogP contribution in [-0.4, -0.2) is 27.1 Å². The lowest BCUT2D eigenvalue weighted by Gasteiger charge is -2.07. The summed E-state index contributed by atoms with van der Waals surface area (Å²) in [6, 6.07) is 4.40. The average Bonchev–Trinajstić information content (AvgIpc) is 2.78. The van der Waals surface area contributed by atoms with Gasteiger partial charge < -0.3 is 14.9 Å². The van der Waals surface area contributed by atoms with Gasteiger partial charge in [-0.25, -0.2) is 4.79 Å². The molecule has 0 unspecified atom stereocenters. The number of carbonyl (C=O) groups excluding carboxylic acids is 1. The molecule has 0 bridgehead atoms. The van der Waals surface area contributed by atoms with Gasteiger partial charge in [0.05, 0.1) is 5.56 Å². The van der Waals surface area contributed by atoms with Crippen molar-refractivity contribution in [2.24, 2.45) is 0 Å². The van der Waals surface area contributed by atoms with Crippen molar-refractivity contribution in [2.75, 3.05) is 5.32 Å². The van der Waals surface area contributed by atoms with Crippen LogP contribution in [-0.2, 0) is 0 Å². The van der Waals surface area contributed by atoms with E-state index in [1.54, 1.807) is 13.8 Å². The predicted molar refractivity (Wildman–Crippen MR) is 65.1 cm³/mol. The molecule has 2 aromatic rings. The highest BCUT2D eigenvalue weighted by atomic mass is 16.5. The van der Waals surface area contributed by atoms with E-state index in [-0.39, 0.29) is 11.4 Å². The van der Waals surface area contributed by atoms with Gasteiger partial charge in [0.15, 0.2) is 0 Å². The summed E-state index contributed by atoms with van der Waals surface area (Å²) in [7, 11) is 0. The molecule has 0 aliphatic carbocycles. The molecule has 1 aromatic carbocycles. The van der Waals surface area contributed by atoms with Gasteiger partial charge in [-0.3, -0.25) is 4.79 Å². The minimum atomic E-state index is -1.02. The highest BCUT2D eigenvalue weighted by molar-refractivity contribution is 6.02. The highest BCUT2D eigenvalue weighted by Gasteiger charge is 2.14.